The molecule has 5 rings (SSSR count). The van der Waals surface area contributed by atoms with Gasteiger partial charge in [0.2, 0.25) is 0 Å². The van der Waals surface area contributed by atoms with E-state index in [0.717, 1.165) is 6.07 Å². The van der Waals surface area contributed by atoms with Crippen LogP contribution in [0.3, 0.4) is 0 Å². The SMILES string of the molecule is O=[N+]([O-])c1cc([N+](=O)[O-])c(O)c([N+](=O)[O][Sb]([c]2ccccc2)([c]2ccccc2)([c]2ccccc2)[c]2ccccc2)c1. The van der Waals surface area contributed by atoms with Crippen LogP contribution in [0, 0.1) is 25.1 Å². The zero-order chi connectivity index (χ0) is 29.1. The van der Waals surface area contributed by atoms with E-state index in [0.29, 0.717) is 20.1 Å². The molecule has 0 aromatic heterocycles. The first-order valence-corrected chi connectivity index (χ1v) is 18.5. The monoisotopic (exact) mass is 658 g/mol. The summed E-state index contributed by atoms with van der Waals surface area (Å²) in [4.78, 5) is 35.7. The van der Waals surface area contributed by atoms with Gasteiger partial charge in [-0.2, -0.15) is 0 Å². The van der Waals surface area contributed by atoms with Crippen molar-refractivity contribution < 1.29 is 23.0 Å². The third-order valence-electron chi connectivity index (χ3n) is 6.89. The number of non-ortho nitro benzene ring substituents is 1. The third-order valence-corrected chi connectivity index (χ3v) is 22.9. The minimum absolute atomic E-state index is 0.00296. The Morgan fingerprint density at radius 2 is 0.878 bits per heavy atom. The van der Waals surface area contributed by atoms with Crippen LogP contribution in [0.1, 0.15) is 0 Å². The summed E-state index contributed by atoms with van der Waals surface area (Å²) in [5, 5.41) is 34.2. The van der Waals surface area contributed by atoms with Gasteiger partial charge in [-0.1, -0.05) is 0 Å². The van der Waals surface area contributed by atoms with Crippen molar-refractivity contribution in [3.63, 3.8) is 0 Å². The molecule has 5 aromatic carbocycles. The summed E-state index contributed by atoms with van der Waals surface area (Å²) in [7, 11) is 0. The molecule has 0 heterocycles. The Kier molecular flexibility index (Phi) is 7.26. The molecular formula is C30H23N3O7Sb+. The molecule has 0 unspecified atom stereocenters. The summed E-state index contributed by atoms with van der Waals surface area (Å²) in [5.41, 5.74) is -2.50. The Morgan fingerprint density at radius 1 is 0.537 bits per heavy atom. The molecular weight excluding hydrogens is 636 g/mol. The molecule has 0 aliphatic carbocycles. The van der Waals surface area contributed by atoms with Crippen molar-refractivity contribution in [1.82, 2.24) is 0 Å². The second-order valence-corrected chi connectivity index (χ2v) is 21.3. The van der Waals surface area contributed by atoms with Crippen molar-refractivity contribution in [1.29, 1.82) is 0 Å². The van der Waals surface area contributed by atoms with Gasteiger partial charge < -0.3 is 0 Å². The van der Waals surface area contributed by atoms with E-state index in [9.17, 15) is 30.2 Å². The fraction of sp³-hybridized carbons (Fsp3) is 0. The molecule has 0 bridgehead atoms. The maximum absolute atomic E-state index is 14.3. The predicted octanol–water partition coefficient (Wildman–Crippen LogP) is 4.08. The van der Waals surface area contributed by atoms with E-state index in [-0.39, 0.29) is 4.92 Å². The van der Waals surface area contributed by atoms with Crippen LogP contribution in [0.15, 0.2) is 133 Å². The average Bonchev–Trinajstić information content (AvgIpc) is 3.01. The van der Waals surface area contributed by atoms with E-state index in [4.69, 9.17) is 3.12 Å². The zero-order valence-corrected chi connectivity index (χ0v) is 23.9. The maximum atomic E-state index is 14.3. The molecule has 0 saturated carbocycles. The standard InChI is InChI=1S/C6H3N3O7.4C6H5.Sb/c10-6-4(8(13)14)1-3(7(11)12)2-5(6)9(15)16;4*1-2-4-6-5-3-1;/h1-2,10H;4*1-5H;/q;;;;;+1. The van der Waals surface area contributed by atoms with E-state index >= 15 is 0 Å². The molecule has 0 atom stereocenters. The molecule has 0 spiro atoms. The van der Waals surface area contributed by atoms with Gasteiger partial charge in [-0.3, -0.25) is 0 Å². The molecule has 1 N–H and O–H groups in total. The summed E-state index contributed by atoms with van der Waals surface area (Å²) >= 11 is -5.81. The number of phenolic OH excluding ortho intramolecular Hbond substituents is 1. The first-order valence-electron chi connectivity index (χ1n) is 12.4. The normalized spacial score (nSPS) is 12.0. The van der Waals surface area contributed by atoms with Crippen molar-refractivity contribution in [3.8, 4) is 5.75 Å². The summed E-state index contributed by atoms with van der Waals surface area (Å²) in [5.74, 6) is -1.05. The number of nitrogens with zero attached hydrogens (tertiary/aromatic N) is 3. The Morgan fingerprint density at radius 3 is 1.20 bits per heavy atom. The molecule has 10 nitrogen and oxygen atoms in total. The van der Waals surface area contributed by atoms with Crippen LogP contribution in [-0.2, 0) is 3.12 Å². The van der Waals surface area contributed by atoms with Crippen molar-refractivity contribution >= 4 is 48.9 Å². The van der Waals surface area contributed by atoms with Gasteiger partial charge in [0, 0.05) is 0 Å². The van der Waals surface area contributed by atoms with Crippen molar-refractivity contribution in [2.45, 2.75) is 0 Å². The number of aromatic hydroxyl groups is 1. The second-order valence-electron chi connectivity index (χ2n) is 9.06. The van der Waals surface area contributed by atoms with Crippen LogP contribution in [0.4, 0.5) is 17.1 Å². The van der Waals surface area contributed by atoms with E-state index in [1.165, 1.54) is 0 Å². The molecule has 5 aromatic rings. The molecule has 41 heavy (non-hydrogen) atoms. The van der Waals surface area contributed by atoms with Crippen LogP contribution in [0.2, 0.25) is 0 Å². The number of nitro groups is 2. The van der Waals surface area contributed by atoms with Crippen LogP contribution in [0.25, 0.3) is 0 Å². The number of hydrogen-bond acceptors (Lipinski definition) is 7. The van der Waals surface area contributed by atoms with Gasteiger partial charge in [0.25, 0.3) is 0 Å². The van der Waals surface area contributed by atoms with Gasteiger partial charge in [0.1, 0.15) is 0 Å². The van der Waals surface area contributed by atoms with E-state index in [1.807, 2.05) is 121 Å². The van der Waals surface area contributed by atoms with Crippen LogP contribution in [-0.4, -0.2) is 37.7 Å². The second kappa shape index (κ2) is 10.8. The van der Waals surface area contributed by atoms with E-state index < -0.39 is 50.5 Å². The number of rotatable bonds is 9. The van der Waals surface area contributed by atoms with Crippen molar-refractivity contribution in [3.05, 3.63) is 159 Å². The topological polar surface area (TPSA) is 136 Å². The van der Waals surface area contributed by atoms with Crippen LogP contribution in [0.5, 0.6) is 5.75 Å². The summed E-state index contributed by atoms with van der Waals surface area (Å²) in [6, 6.07) is 38.2. The van der Waals surface area contributed by atoms with Crippen LogP contribution >= 0.6 is 0 Å². The number of hydrogen-bond donors (Lipinski definition) is 1. The predicted molar refractivity (Wildman–Crippen MR) is 156 cm³/mol. The van der Waals surface area contributed by atoms with Gasteiger partial charge in [0.05, 0.1) is 0 Å². The minimum atomic E-state index is -5.81. The van der Waals surface area contributed by atoms with Gasteiger partial charge in [-0.05, 0) is 0 Å². The summed E-state index contributed by atoms with van der Waals surface area (Å²) in [6.45, 7) is 0. The van der Waals surface area contributed by atoms with Gasteiger partial charge >= 0.3 is 236 Å². The molecule has 0 saturated heterocycles. The first-order chi connectivity index (χ1) is 19.8. The first kappa shape index (κ1) is 27.5. The number of benzene rings is 5. The van der Waals surface area contributed by atoms with Gasteiger partial charge in [-0.15, -0.1) is 0 Å². The quantitative estimate of drug-likeness (QED) is 0.143. The Bertz CT molecular complexity index is 1580. The van der Waals surface area contributed by atoms with E-state index in [1.54, 1.807) is 0 Å². The molecule has 0 amide bonds. The van der Waals surface area contributed by atoms with Gasteiger partial charge in [0.15, 0.2) is 0 Å². The van der Waals surface area contributed by atoms with E-state index in [2.05, 4.69) is 0 Å². The molecule has 0 radical (unpaired) electrons. The van der Waals surface area contributed by atoms with Crippen molar-refractivity contribution in [2.24, 2.45) is 0 Å². The molecule has 204 valence electrons. The molecule has 0 fully saturated rings. The fourth-order valence-electron chi connectivity index (χ4n) is 5.10. The number of phenols is 1. The fourth-order valence-corrected chi connectivity index (χ4v) is 20.8. The molecule has 0 aliphatic heterocycles. The zero-order valence-electron chi connectivity index (χ0n) is 21.4. The molecule has 0 aliphatic rings. The third kappa shape index (κ3) is 4.38. The Labute approximate surface area is 235 Å². The van der Waals surface area contributed by atoms with Crippen LogP contribution < -0.4 is 14.0 Å². The Balaban J connectivity index is 1.95. The Hall–Kier alpha value is -5.08. The van der Waals surface area contributed by atoms with Gasteiger partial charge in [-0.25, -0.2) is 0 Å². The number of nitro benzene ring substituents is 2. The average molecular weight is 659 g/mol. The molecule has 11 heteroatoms. The summed E-state index contributed by atoms with van der Waals surface area (Å²) in [6.07, 6.45) is 0. The summed E-state index contributed by atoms with van der Waals surface area (Å²) < 4.78 is 9.52. The van der Waals surface area contributed by atoms with Crippen molar-refractivity contribution in [2.75, 3.05) is 0 Å².